The lowest BCUT2D eigenvalue weighted by atomic mass is 10.2. The number of hydrogen-bond acceptors (Lipinski definition) is 5. The monoisotopic (exact) mass is 394 g/mol. The minimum atomic E-state index is -0.728. The number of furan rings is 1. The van der Waals surface area contributed by atoms with Gasteiger partial charge in [-0.1, -0.05) is 18.2 Å². The Hall–Kier alpha value is -2.61. The van der Waals surface area contributed by atoms with Crippen LogP contribution in [0.3, 0.4) is 0 Å². The molecular formula is C16H15BrN2O5. The van der Waals surface area contributed by atoms with Crippen molar-refractivity contribution < 1.29 is 23.5 Å². The summed E-state index contributed by atoms with van der Waals surface area (Å²) in [6, 6.07) is 10.3. The second-order valence-corrected chi connectivity index (χ2v) is 5.59. The number of carbonyl (C=O) groups is 3. The molecule has 0 bridgehead atoms. The average molecular weight is 395 g/mol. The maximum absolute atomic E-state index is 11.7. The van der Waals surface area contributed by atoms with Crippen LogP contribution in [0.1, 0.15) is 16.1 Å². The second-order valence-electron chi connectivity index (χ2n) is 4.81. The number of halogens is 1. The third-order valence-electron chi connectivity index (χ3n) is 2.97. The highest BCUT2D eigenvalue weighted by molar-refractivity contribution is 9.10. The SMILES string of the molecule is Cc1ccccc1NC(=O)COC(=O)CNC(=O)c1ccc(Br)o1. The zero-order valence-electron chi connectivity index (χ0n) is 12.8. The van der Waals surface area contributed by atoms with E-state index >= 15 is 0 Å². The van der Waals surface area contributed by atoms with E-state index in [4.69, 9.17) is 9.15 Å². The number of rotatable bonds is 6. The van der Waals surface area contributed by atoms with Crippen molar-refractivity contribution in [3.63, 3.8) is 0 Å². The van der Waals surface area contributed by atoms with Crippen molar-refractivity contribution >= 4 is 39.4 Å². The number of anilines is 1. The quantitative estimate of drug-likeness (QED) is 0.732. The lowest BCUT2D eigenvalue weighted by Gasteiger charge is -2.09. The summed E-state index contributed by atoms with van der Waals surface area (Å²) in [5, 5.41) is 4.97. The molecule has 0 aliphatic heterocycles. The van der Waals surface area contributed by atoms with E-state index in [0.29, 0.717) is 10.4 Å². The first-order valence-corrected chi connectivity index (χ1v) is 7.79. The average Bonchev–Trinajstić information content (AvgIpc) is 2.99. The molecule has 126 valence electrons. The van der Waals surface area contributed by atoms with Gasteiger partial charge in [0.2, 0.25) is 0 Å². The normalized spacial score (nSPS) is 10.1. The molecule has 2 rings (SSSR count). The van der Waals surface area contributed by atoms with Crippen LogP contribution in [0.25, 0.3) is 0 Å². The number of nitrogens with one attached hydrogen (secondary N) is 2. The molecule has 1 aromatic carbocycles. The first-order valence-electron chi connectivity index (χ1n) is 7.00. The molecule has 2 amide bonds. The van der Waals surface area contributed by atoms with Crippen molar-refractivity contribution in [2.75, 3.05) is 18.5 Å². The zero-order chi connectivity index (χ0) is 17.5. The molecule has 0 aliphatic rings. The minimum Gasteiger partial charge on any atom is -0.454 e. The molecule has 0 aliphatic carbocycles. The van der Waals surface area contributed by atoms with Crippen molar-refractivity contribution in [1.29, 1.82) is 0 Å². The lowest BCUT2D eigenvalue weighted by Crippen LogP contribution is -2.32. The maximum Gasteiger partial charge on any atom is 0.325 e. The molecule has 7 nitrogen and oxygen atoms in total. The van der Waals surface area contributed by atoms with Gasteiger partial charge in [-0.25, -0.2) is 0 Å². The van der Waals surface area contributed by atoms with Gasteiger partial charge < -0.3 is 19.8 Å². The highest BCUT2D eigenvalue weighted by atomic mass is 79.9. The Labute approximate surface area is 146 Å². The maximum atomic E-state index is 11.7. The number of ether oxygens (including phenoxy) is 1. The summed E-state index contributed by atoms with van der Waals surface area (Å²) in [4.78, 5) is 35.0. The van der Waals surface area contributed by atoms with Gasteiger partial charge in [0.05, 0.1) is 0 Å². The van der Waals surface area contributed by atoms with Gasteiger partial charge >= 0.3 is 5.97 Å². The fourth-order valence-electron chi connectivity index (χ4n) is 1.77. The fraction of sp³-hybridized carbons (Fsp3) is 0.188. The number of para-hydroxylation sites is 1. The van der Waals surface area contributed by atoms with Gasteiger partial charge in [0.25, 0.3) is 11.8 Å². The lowest BCUT2D eigenvalue weighted by molar-refractivity contribution is -0.146. The van der Waals surface area contributed by atoms with E-state index in [1.54, 1.807) is 18.2 Å². The summed E-state index contributed by atoms with van der Waals surface area (Å²) >= 11 is 3.07. The summed E-state index contributed by atoms with van der Waals surface area (Å²) in [6.45, 7) is 1.05. The Morgan fingerprint density at radius 3 is 2.58 bits per heavy atom. The highest BCUT2D eigenvalue weighted by Gasteiger charge is 2.13. The topological polar surface area (TPSA) is 97.6 Å². The third-order valence-corrected chi connectivity index (χ3v) is 3.40. The Morgan fingerprint density at radius 1 is 1.17 bits per heavy atom. The molecule has 0 unspecified atom stereocenters. The predicted octanol–water partition coefficient (Wildman–Crippen LogP) is 2.26. The van der Waals surface area contributed by atoms with E-state index in [9.17, 15) is 14.4 Å². The number of hydrogen-bond donors (Lipinski definition) is 2. The summed E-state index contributed by atoms with van der Waals surface area (Å²) in [5.41, 5.74) is 1.55. The molecule has 2 aromatic rings. The molecule has 0 spiro atoms. The molecule has 8 heteroatoms. The van der Waals surface area contributed by atoms with Crippen LogP contribution in [-0.4, -0.2) is 30.9 Å². The number of benzene rings is 1. The second kappa shape index (κ2) is 8.30. The van der Waals surface area contributed by atoms with Crippen LogP contribution < -0.4 is 10.6 Å². The standard InChI is InChI=1S/C16H15BrN2O5/c1-10-4-2-3-5-11(10)19-14(20)9-23-15(21)8-18-16(22)12-6-7-13(17)24-12/h2-7H,8-9H2,1H3,(H,18,22)(H,19,20). The number of aryl methyl sites for hydroxylation is 1. The third kappa shape index (κ3) is 5.24. The Bertz CT molecular complexity index is 756. The molecule has 0 fully saturated rings. The Kier molecular flexibility index (Phi) is 6.14. The van der Waals surface area contributed by atoms with Gasteiger partial charge in [-0.3, -0.25) is 14.4 Å². The van der Waals surface area contributed by atoms with Gasteiger partial charge in [0, 0.05) is 5.69 Å². The Balaban J connectivity index is 1.72. The van der Waals surface area contributed by atoms with Crippen molar-refractivity contribution in [3.8, 4) is 0 Å². The van der Waals surface area contributed by atoms with E-state index in [-0.39, 0.29) is 12.3 Å². The van der Waals surface area contributed by atoms with Gasteiger partial charge in [-0.15, -0.1) is 0 Å². The van der Waals surface area contributed by atoms with Crippen LogP contribution in [0.2, 0.25) is 0 Å². The molecule has 0 saturated carbocycles. The van der Waals surface area contributed by atoms with E-state index in [0.717, 1.165) is 5.56 Å². The predicted molar refractivity (Wildman–Crippen MR) is 89.5 cm³/mol. The van der Waals surface area contributed by atoms with Gasteiger partial charge in [0.1, 0.15) is 6.54 Å². The highest BCUT2D eigenvalue weighted by Crippen LogP contribution is 2.14. The van der Waals surface area contributed by atoms with Crippen molar-refractivity contribution in [2.45, 2.75) is 6.92 Å². The van der Waals surface area contributed by atoms with Crippen molar-refractivity contribution in [2.24, 2.45) is 0 Å². The van der Waals surface area contributed by atoms with Crippen LogP contribution in [0.15, 0.2) is 45.5 Å². The zero-order valence-corrected chi connectivity index (χ0v) is 14.4. The van der Waals surface area contributed by atoms with Gasteiger partial charge in [-0.2, -0.15) is 0 Å². The summed E-state index contributed by atoms with van der Waals surface area (Å²) in [7, 11) is 0. The molecule has 1 aromatic heterocycles. The molecule has 2 N–H and O–H groups in total. The number of carbonyl (C=O) groups excluding carboxylic acids is 3. The molecular weight excluding hydrogens is 380 g/mol. The van der Waals surface area contributed by atoms with Crippen molar-refractivity contribution in [1.82, 2.24) is 5.32 Å². The summed E-state index contributed by atoms with van der Waals surface area (Å²) in [6.07, 6.45) is 0. The molecule has 0 saturated heterocycles. The van der Waals surface area contributed by atoms with Crippen LogP contribution in [0.4, 0.5) is 5.69 Å². The molecule has 0 radical (unpaired) electrons. The van der Waals surface area contributed by atoms with Crippen LogP contribution in [-0.2, 0) is 14.3 Å². The summed E-state index contributed by atoms with van der Waals surface area (Å²) < 4.78 is 10.2. The van der Waals surface area contributed by atoms with Crippen molar-refractivity contribution in [3.05, 3.63) is 52.4 Å². The smallest absolute Gasteiger partial charge is 0.325 e. The Morgan fingerprint density at radius 2 is 1.92 bits per heavy atom. The van der Waals surface area contributed by atoms with Crippen LogP contribution in [0, 0.1) is 6.92 Å². The van der Waals surface area contributed by atoms with Crippen LogP contribution >= 0.6 is 15.9 Å². The first-order chi connectivity index (χ1) is 11.5. The molecule has 24 heavy (non-hydrogen) atoms. The molecule has 0 atom stereocenters. The van der Waals surface area contributed by atoms with E-state index in [1.165, 1.54) is 6.07 Å². The van der Waals surface area contributed by atoms with E-state index in [2.05, 4.69) is 26.6 Å². The summed E-state index contributed by atoms with van der Waals surface area (Å²) in [5.74, 6) is -1.68. The number of esters is 1. The van der Waals surface area contributed by atoms with Gasteiger partial charge in [-0.05, 0) is 46.6 Å². The number of amides is 2. The fourth-order valence-corrected chi connectivity index (χ4v) is 2.08. The van der Waals surface area contributed by atoms with Crippen LogP contribution in [0.5, 0.6) is 0 Å². The molecule has 1 heterocycles. The minimum absolute atomic E-state index is 0.0620. The van der Waals surface area contributed by atoms with E-state index in [1.807, 2.05) is 19.1 Å². The largest absolute Gasteiger partial charge is 0.454 e. The van der Waals surface area contributed by atoms with E-state index < -0.39 is 24.4 Å². The first kappa shape index (κ1) is 17.7. The van der Waals surface area contributed by atoms with Gasteiger partial charge in [0.15, 0.2) is 17.0 Å².